The maximum absolute atomic E-state index is 12.3. The minimum absolute atomic E-state index is 0.0543. The predicted molar refractivity (Wildman–Crippen MR) is 89.5 cm³/mol. The Morgan fingerprint density at radius 1 is 1.35 bits per heavy atom. The summed E-state index contributed by atoms with van der Waals surface area (Å²) in [4.78, 5) is 28.1. The molecular weight excluding hydrogens is 294 g/mol. The lowest BCUT2D eigenvalue weighted by Gasteiger charge is -2.19. The molecule has 1 N–H and O–H groups in total. The zero-order chi connectivity index (χ0) is 16.8. The van der Waals surface area contributed by atoms with Crippen LogP contribution < -0.4 is 10.1 Å². The van der Waals surface area contributed by atoms with Crippen molar-refractivity contribution in [2.24, 2.45) is 5.92 Å². The minimum Gasteiger partial charge on any atom is -0.494 e. The molecule has 0 spiro atoms. The van der Waals surface area contributed by atoms with Crippen LogP contribution in [0.2, 0.25) is 0 Å². The van der Waals surface area contributed by atoms with E-state index in [1.165, 1.54) is 0 Å². The lowest BCUT2D eigenvalue weighted by Crippen LogP contribution is -2.33. The van der Waals surface area contributed by atoms with Gasteiger partial charge in [0.25, 0.3) is 0 Å². The van der Waals surface area contributed by atoms with Crippen molar-refractivity contribution in [2.75, 3.05) is 45.7 Å². The number of hydrogen-bond donors (Lipinski definition) is 1. The van der Waals surface area contributed by atoms with Crippen LogP contribution in [0.4, 0.5) is 5.69 Å². The topological polar surface area (TPSA) is 61.9 Å². The molecule has 0 bridgehead atoms. The highest BCUT2D eigenvalue weighted by molar-refractivity contribution is 5.97. The Bertz CT molecular complexity index is 543. The summed E-state index contributed by atoms with van der Waals surface area (Å²) in [5.41, 5.74) is 0.720. The molecule has 126 valence electrons. The van der Waals surface area contributed by atoms with Crippen molar-refractivity contribution in [3.05, 3.63) is 24.3 Å². The van der Waals surface area contributed by atoms with E-state index in [0.717, 1.165) is 18.0 Å². The van der Waals surface area contributed by atoms with Gasteiger partial charge in [-0.05, 0) is 45.3 Å². The van der Waals surface area contributed by atoms with Crippen LogP contribution in [0.3, 0.4) is 0 Å². The first-order chi connectivity index (χ1) is 11.0. The van der Waals surface area contributed by atoms with Crippen molar-refractivity contribution in [3.63, 3.8) is 0 Å². The SMILES string of the molecule is CCOc1ccc(NC(=O)C2CC(=O)N(CCN(C)C)C2)cc1. The second-order valence-electron chi connectivity index (χ2n) is 5.99. The first-order valence-electron chi connectivity index (χ1n) is 7.95. The van der Waals surface area contributed by atoms with Crippen LogP contribution in [-0.4, -0.2) is 62.0 Å². The van der Waals surface area contributed by atoms with Crippen molar-refractivity contribution in [1.82, 2.24) is 9.80 Å². The fourth-order valence-corrected chi connectivity index (χ4v) is 2.53. The average Bonchev–Trinajstić information content (AvgIpc) is 2.89. The highest BCUT2D eigenvalue weighted by Crippen LogP contribution is 2.21. The number of rotatable bonds is 7. The van der Waals surface area contributed by atoms with Crippen LogP contribution in [0, 0.1) is 5.92 Å². The van der Waals surface area contributed by atoms with Crippen molar-refractivity contribution < 1.29 is 14.3 Å². The van der Waals surface area contributed by atoms with E-state index in [0.29, 0.717) is 19.7 Å². The molecule has 0 aliphatic carbocycles. The Morgan fingerprint density at radius 3 is 2.65 bits per heavy atom. The summed E-state index contributed by atoms with van der Waals surface area (Å²) in [7, 11) is 3.94. The summed E-state index contributed by atoms with van der Waals surface area (Å²) < 4.78 is 5.37. The Hall–Kier alpha value is -2.08. The maximum atomic E-state index is 12.3. The van der Waals surface area contributed by atoms with E-state index in [1.54, 1.807) is 4.90 Å². The molecule has 1 aromatic carbocycles. The first kappa shape index (κ1) is 17.3. The second kappa shape index (κ2) is 7.97. The molecule has 1 atom stereocenters. The third-order valence-corrected chi connectivity index (χ3v) is 3.84. The Kier molecular flexibility index (Phi) is 5.98. The number of carbonyl (C=O) groups is 2. The molecule has 0 aromatic heterocycles. The largest absolute Gasteiger partial charge is 0.494 e. The van der Waals surface area contributed by atoms with Gasteiger partial charge in [-0.25, -0.2) is 0 Å². The van der Waals surface area contributed by atoms with Gasteiger partial charge in [-0.3, -0.25) is 9.59 Å². The lowest BCUT2D eigenvalue weighted by atomic mass is 10.1. The van der Waals surface area contributed by atoms with Gasteiger partial charge in [-0.2, -0.15) is 0 Å². The van der Waals surface area contributed by atoms with Gasteiger partial charge in [0.1, 0.15) is 5.75 Å². The van der Waals surface area contributed by atoms with Crippen LogP contribution >= 0.6 is 0 Å². The van der Waals surface area contributed by atoms with Gasteiger partial charge >= 0.3 is 0 Å². The number of hydrogen-bond acceptors (Lipinski definition) is 4. The van der Waals surface area contributed by atoms with E-state index in [9.17, 15) is 9.59 Å². The van der Waals surface area contributed by atoms with Crippen LogP contribution in [0.25, 0.3) is 0 Å². The summed E-state index contributed by atoms with van der Waals surface area (Å²) in [5.74, 6) is 0.446. The van der Waals surface area contributed by atoms with E-state index in [2.05, 4.69) is 5.32 Å². The molecule has 1 aliphatic rings. The van der Waals surface area contributed by atoms with Crippen LogP contribution in [0.1, 0.15) is 13.3 Å². The Morgan fingerprint density at radius 2 is 2.04 bits per heavy atom. The summed E-state index contributed by atoms with van der Waals surface area (Å²) in [6.07, 6.45) is 0.288. The van der Waals surface area contributed by atoms with Crippen molar-refractivity contribution in [3.8, 4) is 5.75 Å². The van der Waals surface area contributed by atoms with Gasteiger partial charge in [-0.1, -0.05) is 0 Å². The highest BCUT2D eigenvalue weighted by atomic mass is 16.5. The normalized spacial score (nSPS) is 17.7. The third-order valence-electron chi connectivity index (χ3n) is 3.84. The molecular formula is C17H25N3O3. The van der Waals surface area contributed by atoms with Gasteiger partial charge in [0, 0.05) is 31.7 Å². The zero-order valence-corrected chi connectivity index (χ0v) is 14.0. The number of likely N-dealkylation sites (tertiary alicyclic amines) is 1. The molecule has 2 rings (SSSR count). The van der Waals surface area contributed by atoms with Crippen molar-refractivity contribution >= 4 is 17.5 Å². The van der Waals surface area contributed by atoms with E-state index in [4.69, 9.17) is 4.74 Å². The van der Waals surface area contributed by atoms with Crippen molar-refractivity contribution in [2.45, 2.75) is 13.3 Å². The van der Waals surface area contributed by atoms with Gasteiger partial charge in [0.15, 0.2) is 0 Å². The number of anilines is 1. The molecule has 1 fully saturated rings. The molecule has 1 unspecified atom stereocenters. The fourth-order valence-electron chi connectivity index (χ4n) is 2.53. The molecule has 1 aromatic rings. The third kappa shape index (κ3) is 4.96. The average molecular weight is 319 g/mol. The number of nitrogens with one attached hydrogen (secondary N) is 1. The molecule has 6 nitrogen and oxygen atoms in total. The predicted octanol–water partition coefficient (Wildman–Crippen LogP) is 1.43. The number of nitrogens with zero attached hydrogens (tertiary/aromatic N) is 2. The van der Waals surface area contributed by atoms with Crippen LogP contribution in [0.5, 0.6) is 5.75 Å². The van der Waals surface area contributed by atoms with Crippen molar-refractivity contribution in [1.29, 1.82) is 0 Å². The quantitative estimate of drug-likeness (QED) is 0.826. The smallest absolute Gasteiger partial charge is 0.229 e. The first-order valence-corrected chi connectivity index (χ1v) is 7.95. The summed E-state index contributed by atoms with van der Waals surface area (Å²) in [5, 5.41) is 2.88. The summed E-state index contributed by atoms with van der Waals surface area (Å²) in [6.45, 7) is 4.50. The van der Waals surface area contributed by atoms with Gasteiger partial charge in [-0.15, -0.1) is 0 Å². The van der Waals surface area contributed by atoms with Crippen LogP contribution in [0.15, 0.2) is 24.3 Å². The van der Waals surface area contributed by atoms with Crippen LogP contribution in [-0.2, 0) is 9.59 Å². The highest BCUT2D eigenvalue weighted by Gasteiger charge is 2.34. The molecule has 2 amide bonds. The number of likely N-dealkylation sites (N-methyl/N-ethyl adjacent to an activating group) is 1. The van der Waals surface area contributed by atoms with Gasteiger partial charge in [0.05, 0.1) is 12.5 Å². The van der Waals surface area contributed by atoms with E-state index in [-0.39, 0.29) is 24.2 Å². The van der Waals surface area contributed by atoms with E-state index < -0.39 is 0 Å². The number of ether oxygens (including phenoxy) is 1. The Balaban J connectivity index is 1.87. The molecule has 6 heteroatoms. The minimum atomic E-state index is -0.281. The standard InChI is InChI=1S/C17H25N3O3/c1-4-23-15-7-5-14(6-8-15)18-17(22)13-11-16(21)20(12-13)10-9-19(2)3/h5-8,13H,4,9-12H2,1-3H3,(H,18,22). The molecule has 1 aliphatic heterocycles. The maximum Gasteiger partial charge on any atom is 0.229 e. The zero-order valence-electron chi connectivity index (χ0n) is 14.0. The monoisotopic (exact) mass is 319 g/mol. The molecule has 0 saturated carbocycles. The molecule has 1 saturated heterocycles. The number of benzene rings is 1. The summed E-state index contributed by atoms with van der Waals surface area (Å²) >= 11 is 0. The fraction of sp³-hybridized carbons (Fsp3) is 0.529. The van der Waals surface area contributed by atoms with Gasteiger partial charge < -0.3 is 19.9 Å². The number of carbonyl (C=O) groups excluding carboxylic acids is 2. The van der Waals surface area contributed by atoms with E-state index >= 15 is 0 Å². The molecule has 23 heavy (non-hydrogen) atoms. The molecule has 1 heterocycles. The second-order valence-corrected chi connectivity index (χ2v) is 5.99. The number of amides is 2. The van der Waals surface area contributed by atoms with E-state index in [1.807, 2.05) is 50.2 Å². The summed E-state index contributed by atoms with van der Waals surface area (Å²) in [6, 6.07) is 7.26. The van der Waals surface area contributed by atoms with Gasteiger partial charge in [0.2, 0.25) is 11.8 Å². The molecule has 0 radical (unpaired) electrons. The Labute approximate surface area is 137 Å². The lowest BCUT2D eigenvalue weighted by molar-refractivity contribution is -0.128.